The van der Waals surface area contributed by atoms with Gasteiger partial charge in [-0.3, -0.25) is 4.79 Å². The zero-order valence-electron chi connectivity index (χ0n) is 13.5. The highest BCUT2D eigenvalue weighted by atomic mass is 19.2. The van der Waals surface area contributed by atoms with Gasteiger partial charge >= 0.3 is 5.97 Å². The van der Waals surface area contributed by atoms with Crippen LogP contribution in [0.4, 0.5) is 8.78 Å². The van der Waals surface area contributed by atoms with Gasteiger partial charge in [-0.2, -0.15) is 0 Å². The first-order valence-corrected chi connectivity index (χ1v) is 7.48. The molecule has 25 heavy (non-hydrogen) atoms. The monoisotopic (exact) mass is 349 g/mol. The van der Waals surface area contributed by atoms with Crippen LogP contribution in [-0.2, 0) is 22.4 Å². The number of carbonyl (C=O) groups is 2. The van der Waals surface area contributed by atoms with Crippen LogP contribution in [-0.4, -0.2) is 30.1 Å². The molecule has 0 aliphatic heterocycles. The van der Waals surface area contributed by atoms with Gasteiger partial charge in [-0.1, -0.05) is 18.2 Å². The Morgan fingerprint density at radius 3 is 2.28 bits per heavy atom. The molecular weight excluding hydrogens is 332 g/mol. The second-order valence-electron chi connectivity index (χ2n) is 5.44. The molecule has 0 saturated carbocycles. The lowest BCUT2D eigenvalue weighted by Gasteiger charge is -2.15. The van der Waals surface area contributed by atoms with Crippen molar-refractivity contribution in [2.24, 2.45) is 0 Å². The van der Waals surface area contributed by atoms with Crippen molar-refractivity contribution >= 4 is 11.9 Å². The fraction of sp³-hybridized carbons (Fsp3) is 0.222. The minimum atomic E-state index is -1.19. The minimum Gasteiger partial charge on any atom is -0.497 e. The molecule has 0 aliphatic carbocycles. The van der Waals surface area contributed by atoms with Crippen LogP contribution in [0.1, 0.15) is 11.1 Å². The molecule has 7 heteroatoms. The average molecular weight is 349 g/mol. The lowest BCUT2D eigenvalue weighted by molar-refractivity contribution is -0.141. The number of halogens is 2. The van der Waals surface area contributed by atoms with Crippen LogP contribution in [0.25, 0.3) is 0 Å². The van der Waals surface area contributed by atoms with Gasteiger partial charge in [0.2, 0.25) is 5.91 Å². The van der Waals surface area contributed by atoms with Gasteiger partial charge in [0.1, 0.15) is 11.8 Å². The Morgan fingerprint density at radius 2 is 1.72 bits per heavy atom. The van der Waals surface area contributed by atoms with E-state index in [0.717, 1.165) is 12.1 Å². The highest BCUT2D eigenvalue weighted by molar-refractivity contribution is 5.85. The van der Waals surface area contributed by atoms with E-state index in [9.17, 15) is 23.5 Å². The number of methoxy groups -OCH3 is 1. The third-order valence-electron chi connectivity index (χ3n) is 3.58. The molecule has 0 heterocycles. The van der Waals surface area contributed by atoms with Crippen molar-refractivity contribution in [3.8, 4) is 5.75 Å². The van der Waals surface area contributed by atoms with Gasteiger partial charge < -0.3 is 15.2 Å². The van der Waals surface area contributed by atoms with Crippen molar-refractivity contribution in [2.75, 3.05) is 7.11 Å². The summed E-state index contributed by atoms with van der Waals surface area (Å²) in [5.74, 6) is -3.20. The molecule has 0 bridgehead atoms. The summed E-state index contributed by atoms with van der Waals surface area (Å²) in [7, 11) is 1.52. The number of hydrogen-bond acceptors (Lipinski definition) is 3. The molecule has 0 fully saturated rings. The standard InChI is InChI=1S/C18H17F2NO4/c1-25-13-5-2-11(3-6-13)9-16(18(23)24)21-17(22)10-12-4-7-14(19)15(20)8-12/h2-8,16H,9-10H2,1H3,(H,21,22)(H,23,24)/t16-/m0/s1. The molecule has 1 amide bonds. The fourth-order valence-corrected chi connectivity index (χ4v) is 2.28. The quantitative estimate of drug-likeness (QED) is 0.804. The molecule has 0 aromatic heterocycles. The largest absolute Gasteiger partial charge is 0.497 e. The smallest absolute Gasteiger partial charge is 0.326 e. The van der Waals surface area contributed by atoms with E-state index in [1.807, 2.05) is 0 Å². The summed E-state index contributed by atoms with van der Waals surface area (Å²) in [6.45, 7) is 0. The molecule has 0 spiro atoms. The summed E-state index contributed by atoms with van der Waals surface area (Å²) in [5, 5.41) is 11.7. The van der Waals surface area contributed by atoms with Crippen LogP contribution >= 0.6 is 0 Å². The molecule has 2 aromatic carbocycles. The second-order valence-corrected chi connectivity index (χ2v) is 5.44. The van der Waals surface area contributed by atoms with E-state index in [1.165, 1.54) is 13.2 Å². The van der Waals surface area contributed by atoms with Crippen molar-refractivity contribution in [3.63, 3.8) is 0 Å². The van der Waals surface area contributed by atoms with Crippen LogP contribution in [0, 0.1) is 11.6 Å². The van der Waals surface area contributed by atoms with E-state index in [2.05, 4.69) is 5.32 Å². The Morgan fingerprint density at radius 1 is 1.08 bits per heavy atom. The lowest BCUT2D eigenvalue weighted by atomic mass is 10.0. The predicted molar refractivity (Wildman–Crippen MR) is 86.3 cm³/mol. The zero-order chi connectivity index (χ0) is 18.4. The first kappa shape index (κ1) is 18.4. The third-order valence-corrected chi connectivity index (χ3v) is 3.58. The van der Waals surface area contributed by atoms with E-state index >= 15 is 0 Å². The van der Waals surface area contributed by atoms with Gasteiger partial charge in [0.15, 0.2) is 11.6 Å². The Balaban J connectivity index is 2.00. The predicted octanol–water partition coefficient (Wildman–Crippen LogP) is 2.33. The van der Waals surface area contributed by atoms with Crippen LogP contribution < -0.4 is 10.1 Å². The number of aliphatic carboxylic acids is 1. The van der Waals surface area contributed by atoms with Crippen molar-refractivity contribution in [1.82, 2.24) is 5.32 Å². The number of benzene rings is 2. The maximum absolute atomic E-state index is 13.2. The summed E-state index contributed by atoms with van der Waals surface area (Å²) in [6.07, 6.45) is -0.160. The molecule has 2 rings (SSSR count). The molecular formula is C18H17F2NO4. The highest BCUT2D eigenvalue weighted by Gasteiger charge is 2.20. The first-order chi connectivity index (χ1) is 11.9. The SMILES string of the molecule is COc1ccc(C[C@H](NC(=O)Cc2ccc(F)c(F)c2)C(=O)O)cc1. The van der Waals surface area contributed by atoms with Gasteiger partial charge in [0, 0.05) is 6.42 Å². The van der Waals surface area contributed by atoms with Crippen molar-refractivity contribution in [2.45, 2.75) is 18.9 Å². The van der Waals surface area contributed by atoms with Gasteiger partial charge in [-0.05, 0) is 35.4 Å². The van der Waals surface area contributed by atoms with Crippen LogP contribution in [0.15, 0.2) is 42.5 Å². The van der Waals surface area contributed by atoms with E-state index in [-0.39, 0.29) is 18.4 Å². The van der Waals surface area contributed by atoms with Crippen LogP contribution in [0.3, 0.4) is 0 Å². The molecule has 0 aliphatic rings. The van der Waals surface area contributed by atoms with Crippen LogP contribution in [0.5, 0.6) is 5.75 Å². The summed E-state index contributed by atoms with van der Waals surface area (Å²) in [6, 6.07) is 8.77. The average Bonchev–Trinajstić information content (AvgIpc) is 2.58. The van der Waals surface area contributed by atoms with E-state index < -0.39 is 29.6 Å². The molecule has 2 N–H and O–H groups in total. The number of nitrogens with one attached hydrogen (secondary N) is 1. The Labute approximate surface area is 143 Å². The number of carbonyl (C=O) groups excluding carboxylic acids is 1. The summed E-state index contributed by atoms with van der Waals surface area (Å²) in [5.41, 5.74) is 0.964. The molecule has 0 unspecified atom stereocenters. The number of hydrogen-bond donors (Lipinski definition) is 2. The maximum atomic E-state index is 13.2. The Kier molecular flexibility index (Phi) is 6.05. The number of rotatable bonds is 7. The van der Waals surface area contributed by atoms with Crippen molar-refractivity contribution in [1.29, 1.82) is 0 Å². The molecule has 0 saturated heterocycles. The highest BCUT2D eigenvalue weighted by Crippen LogP contribution is 2.13. The van der Waals surface area contributed by atoms with Gasteiger partial charge in [0.05, 0.1) is 13.5 Å². The number of amides is 1. The topological polar surface area (TPSA) is 75.6 Å². The summed E-state index contributed by atoms with van der Waals surface area (Å²) in [4.78, 5) is 23.4. The molecule has 1 atom stereocenters. The van der Waals surface area contributed by atoms with E-state index in [0.29, 0.717) is 11.3 Å². The fourth-order valence-electron chi connectivity index (χ4n) is 2.28. The van der Waals surface area contributed by atoms with Crippen molar-refractivity contribution < 1.29 is 28.2 Å². The van der Waals surface area contributed by atoms with Crippen LogP contribution in [0.2, 0.25) is 0 Å². The minimum absolute atomic E-state index is 0.0862. The summed E-state index contributed by atoms with van der Waals surface area (Å²) < 4.78 is 31.1. The normalized spacial score (nSPS) is 11.6. The lowest BCUT2D eigenvalue weighted by Crippen LogP contribution is -2.43. The second kappa shape index (κ2) is 8.23. The van der Waals surface area contributed by atoms with Crippen molar-refractivity contribution in [3.05, 3.63) is 65.2 Å². The number of carboxylic acid groups (broad SMARTS) is 1. The van der Waals surface area contributed by atoms with E-state index in [1.54, 1.807) is 24.3 Å². The Hall–Kier alpha value is -2.96. The van der Waals surface area contributed by atoms with Gasteiger partial charge in [-0.25, -0.2) is 13.6 Å². The molecule has 132 valence electrons. The number of carboxylic acids is 1. The Bertz CT molecular complexity index is 762. The molecule has 2 aromatic rings. The number of ether oxygens (including phenoxy) is 1. The first-order valence-electron chi connectivity index (χ1n) is 7.48. The molecule has 5 nitrogen and oxygen atoms in total. The summed E-state index contributed by atoms with van der Waals surface area (Å²) >= 11 is 0. The maximum Gasteiger partial charge on any atom is 0.326 e. The van der Waals surface area contributed by atoms with E-state index in [4.69, 9.17) is 4.74 Å². The van der Waals surface area contributed by atoms with Gasteiger partial charge in [-0.15, -0.1) is 0 Å². The molecule has 0 radical (unpaired) electrons. The third kappa shape index (κ3) is 5.27. The van der Waals surface area contributed by atoms with Gasteiger partial charge in [0.25, 0.3) is 0 Å². The zero-order valence-corrected chi connectivity index (χ0v) is 13.5.